The van der Waals surface area contributed by atoms with Crippen molar-refractivity contribution in [3.8, 4) is 0 Å². The van der Waals surface area contributed by atoms with Gasteiger partial charge in [-0.15, -0.1) is 0 Å². The van der Waals surface area contributed by atoms with Gasteiger partial charge in [0, 0.05) is 30.3 Å². The van der Waals surface area contributed by atoms with Crippen molar-refractivity contribution in [3.05, 3.63) is 59.7 Å². The lowest BCUT2D eigenvalue weighted by molar-refractivity contribution is -0.117. The van der Waals surface area contributed by atoms with Crippen LogP contribution < -0.4 is 10.2 Å². The number of fused-ring (bicyclic) bond motifs is 1. The zero-order valence-electron chi connectivity index (χ0n) is 14.2. The standard InChI is InChI=1S/C20H24N2O/c1-13-9-11-17(12-10-13)21-20-14(2)15(3)22(16(4)23)19-8-6-5-7-18(19)20/h5-12,14-15,20-21H,1-4H3/t14-,15-,20?/m0/s1. The van der Waals surface area contributed by atoms with Gasteiger partial charge in [-0.3, -0.25) is 4.79 Å². The van der Waals surface area contributed by atoms with Crippen molar-refractivity contribution in [1.82, 2.24) is 0 Å². The summed E-state index contributed by atoms with van der Waals surface area (Å²) in [6.45, 7) is 8.08. The highest BCUT2D eigenvalue weighted by Crippen LogP contribution is 2.42. The predicted molar refractivity (Wildman–Crippen MR) is 95.8 cm³/mol. The predicted octanol–water partition coefficient (Wildman–Crippen LogP) is 4.54. The minimum Gasteiger partial charge on any atom is -0.378 e. The Morgan fingerprint density at radius 1 is 1.04 bits per heavy atom. The van der Waals surface area contributed by atoms with Crippen molar-refractivity contribution in [2.45, 2.75) is 39.8 Å². The number of hydrogen-bond donors (Lipinski definition) is 1. The van der Waals surface area contributed by atoms with Crippen LogP contribution in [0, 0.1) is 12.8 Å². The van der Waals surface area contributed by atoms with E-state index < -0.39 is 0 Å². The molecule has 0 bridgehead atoms. The van der Waals surface area contributed by atoms with E-state index in [2.05, 4.69) is 56.4 Å². The van der Waals surface area contributed by atoms with Crippen LogP contribution in [0.15, 0.2) is 48.5 Å². The number of nitrogens with one attached hydrogen (secondary N) is 1. The van der Waals surface area contributed by atoms with E-state index >= 15 is 0 Å². The molecule has 1 N–H and O–H groups in total. The zero-order valence-corrected chi connectivity index (χ0v) is 14.2. The fraction of sp³-hybridized carbons (Fsp3) is 0.350. The Hall–Kier alpha value is -2.29. The molecule has 2 aromatic rings. The lowest BCUT2D eigenvalue weighted by Gasteiger charge is -2.44. The largest absolute Gasteiger partial charge is 0.378 e. The van der Waals surface area contributed by atoms with Crippen LogP contribution in [0.3, 0.4) is 0 Å². The number of hydrogen-bond acceptors (Lipinski definition) is 2. The van der Waals surface area contributed by atoms with Gasteiger partial charge in [-0.25, -0.2) is 0 Å². The Kier molecular flexibility index (Phi) is 4.12. The first-order chi connectivity index (χ1) is 11.0. The molecule has 0 saturated heterocycles. The van der Waals surface area contributed by atoms with Crippen LogP contribution in [-0.4, -0.2) is 11.9 Å². The number of carbonyl (C=O) groups is 1. The van der Waals surface area contributed by atoms with Crippen LogP contribution >= 0.6 is 0 Å². The summed E-state index contributed by atoms with van der Waals surface area (Å²) >= 11 is 0. The Morgan fingerprint density at radius 3 is 2.35 bits per heavy atom. The van der Waals surface area contributed by atoms with Crippen molar-refractivity contribution in [2.24, 2.45) is 5.92 Å². The highest BCUT2D eigenvalue weighted by Gasteiger charge is 2.37. The van der Waals surface area contributed by atoms with Crippen molar-refractivity contribution in [2.75, 3.05) is 10.2 Å². The van der Waals surface area contributed by atoms with Gasteiger partial charge in [-0.2, -0.15) is 0 Å². The summed E-state index contributed by atoms with van der Waals surface area (Å²) in [6.07, 6.45) is 0. The Labute approximate surface area is 138 Å². The zero-order chi connectivity index (χ0) is 16.6. The molecule has 1 amide bonds. The SMILES string of the molecule is CC(=O)N1c2ccccc2C(Nc2ccc(C)cc2)[C@@H](C)[C@@H]1C. The topological polar surface area (TPSA) is 32.3 Å². The van der Waals surface area contributed by atoms with Crippen LogP contribution in [0.2, 0.25) is 0 Å². The molecule has 1 aliphatic heterocycles. The molecule has 120 valence electrons. The number of anilines is 2. The average molecular weight is 308 g/mol. The first kappa shape index (κ1) is 15.6. The Morgan fingerprint density at radius 2 is 1.70 bits per heavy atom. The highest BCUT2D eigenvalue weighted by atomic mass is 16.2. The smallest absolute Gasteiger partial charge is 0.224 e. The summed E-state index contributed by atoms with van der Waals surface area (Å²) in [5, 5.41) is 3.67. The van der Waals surface area contributed by atoms with Crippen LogP contribution in [0.1, 0.15) is 37.9 Å². The van der Waals surface area contributed by atoms with E-state index in [-0.39, 0.29) is 18.0 Å². The monoisotopic (exact) mass is 308 g/mol. The number of amides is 1. The van der Waals surface area contributed by atoms with E-state index in [4.69, 9.17) is 0 Å². The van der Waals surface area contributed by atoms with Gasteiger partial charge < -0.3 is 10.2 Å². The molecule has 3 heteroatoms. The van der Waals surface area contributed by atoms with E-state index in [0.29, 0.717) is 5.92 Å². The molecular weight excluding hydrogens is 284 g/mol. The number of nitrogens with zero attached hydrogens (tertiary/aromatic N) is 1. The molecular formula is C20H24N2O. The van der Waals surface area contributed by atoms with Crippen molar-refractivity contribution in [1.29, 1.82) is 0 Å². The lowest BCUT2D eigenvalue weighted by atomic mass is 9.82. The minimum absolute atomic E-state index is 0.102. The summed E-state index contributed by atoms with van der Waals surface area (Å²) in [5.74, 6) is 0.417. The quantitative estimate of drug-likeness (QED) is 0.883. The molecule has 2 aromatic carbocycles. The second-order valence-electron chi connectivity index (χ2n) is 6.54. The van der Waals surface area contributed by atoms with Crippen LogP contribution in [0.4, 0.5) is 11.4 Å². The molecule has 0 fully saturated rings. The molecule has 3 atom stereocenters. The fourth-order valence-corrected chi connectivity index (χ4v) is 3.48. The molecule has 0 aromatic heterocycles. The van der Waals surface area contributed by atoms with Gasteiger partial charge in [0.05, 0.1) is 6.04 Å². The molecule has 1 aliphatic rings. The maximum absolute atomic E-state index is 12.1. The second-order valence-corrected chi connectivity index (χ2v) is 6.54. The summed E-state index contributed by atoms with van der Waals surface area (Å²) in [5.41, 5.74) is 4.58. The molecule has 0 saturated carbocycles. The minimum atomic E-state index is 0.102. The third-order valence-electron chi connectivity index (χ3n) is 4.94. The number of benzene rings is 2. The number of aryl methyl sites for hydroxylation is 1. The number of para-hydroxylation sites is 1. The molecule has 3 nitrogen and oxygen atoms in total. The molecule has 23 heavy (non-hydrogen) atoms. The molecule has 0 spiro atoms. The molecule has 0 radical (unpaired) electrons. The van der Waals surface area contributed by atoms with Crippen molar-refractivity contribution >= 4 is 17.3 Å². The molecule has 0 aliphatic carbocycles. The lowest BCUT2D eigenvalue weighted by Crippen LogP contribution is -2.48. The average Bonchev–Trinajstić information content (AvgIpc) is 2.53. The van der Waals surface area contributed by atoms with Gasteiger partial charge in [0.15, 0.2) is 0 Å². The highest BCUT2D eigenvalue weighted by molar-refractivity contribution is 5.93. The maximum atomic E-state index is 12.1. The van der Waals surface area contributed by atoms with E-state index in [1.807, 2.05) is 23.1 Å². The van der Waals surface area contributed by atoms with E-state index in [1.54, 1.807) is 6.92 Å². The van der Waals surface area contributed by atoms with Crippen LogP contribution in [0.5, 0.6) is 0 Å². The maximum Gasteiger partial charge on any atom is 0.224 e. The fourth-order valence-electron chi connectivity index (χ4n) is 3.48. The molecule has 1 unspecified atom stereocenters. The first-order valence-electron chi connectivity index (χ1n) is 8.21. The van der Waals surface area contributed by atoms with Gasteiger partial charge in [0.25, 0.3) is 0 Å². The van der Waals surface area contributed by atoms with E-state index in [9.17, 15) is 4.79 Å². The van der Waals surface area contributed by atoms with E-state index in [0.717, 1.165) is 11.4 Å². The van der Waals surface area contributed by atoms with Gasteiger partial charge in [-0.05, 0) is 37.6 Å². The summed E-state index contributed by atoms with van der Waals surface area (Å²) in [7, 11) is 0. The number of rotatable bonds is 2. The summed E-state index contributed by atoms with van der Waals surface area (Å²) in [6, 6.07) is 17.0. The van der Waals surface area contributed by atoms with Crippen molar-refractivity contribution in [3.63, 3.8) is 0 Å². The second kappa shape index (κ2) is 6.07. The van der Waals surface area contributed by atoms with Gasteiger partial charge >= 0.3 is 0 Å². The normalized spacial score (nSPS) is 23.3. The van der Waals surface area contributed by atoms with Gasteiger partial charge in [-0.1, -0.05) is 42.8 Å². The van der Waals surface area contributed by atoms with Crippen LogP contribution in [-0.2, 0) is 4.79 Å². The van der Waals surface area contributed by atoms with E-state index in [1.165, 1.54) is 11.1 Å². The van der Waals surface area contributed by atoms with Gasteiger partial charge in [0.1, 0.15) is 0 Å². The Bertz CT molecular complexity index is 708. The summed E-state index contributed by atoms with van der Waals surface area (Å²) < 4.78 is 0. The number of carbonyl (C=O) groups excluding carboxylic acids is 1. The van der Waals surface area contributed by atoms with Gasteiger partial charge in [0.2, 0.25) is 5.91 Å². The third kappa shape index (κ3) is 2.83. The Balaban J connectivity index is 2.01. The first-order valence-corrected chi connectivity index (χ1v) is 8.21. The van der Waals surface area contributed by atoms with Crippen LogP contribution in [0.25, 0.3) is 0 Å². The third-order valence-corrected chi connectivity index (χ3v) is 4.94. The molecule has 3 rings (SSSR count). The molecule has 1 heterocycles. The summed E-state index contributed by atoms with van der Waals surface area (Å²) in [4.78, 5) is 14.0. The van der Waals surface area contributed by atoms with Crippen molar-refractivity contribution < 1.29 is 4.79 Å².